The zero-order chi connectivity index (χ0) is 12.1. The maximum absolute atomic E-state index is 9.30. The molecule has 0 aliphatic heterocycles. The molecular formula is C13H18O3. The van der Waals surface area contributed by atoms with E-state index in [1.807, 2.05) is 6.92 Å². The van der Waals surface area contributed by atoms with Crippen molar-refractivity contribution in [3.8, 4) is 17.2 Å². The molecule has 3 nitrogen and oxygen atoms in total. The lowest BCUT2D eigenvalue weighted by Gasteiger charge is -2.06. The first kappa shape index (κ1) is 12.4. The van der Waals surface area contributed by atoms with E-state index in [-0.39, 0.29) is 11.5 Å². The van der Waals surface area contributed by atoms with E-state index in [4.69, 9.17) is 5.11 Å². The predicted octanol–water partition coefficient (Wildman–Crippen LogP) is 3.09. The molecule has 1 aromatic carbocycles. The molecule has 0 amide bonds. The highest BCUT2D eigenvalue weighted by atomic mass is 16.3. The van der Waals surface area contributed by atoms with Crippen LogP contribution in [0.15, 0.2) is 24.3 Å². The van der Waals surface area contributed by atoms with Crippen LogP contribution < -0.4 is 0 Å². The molecule has 0 saturated heterocycles. The van der Waals surface area contributed by atoms with E-state index in [0.29, 0.717) is 0 Å². The van der Waals surface area contributed by atoms with Crippen molar-refractivity contribution in [3.05, 3.63) is 29.8 Å². The lowest BCUT2D eigenvalue weighted by atomic mass is 10.0. The minimum atomic E-state index is -0.453. The van der Waals surface area contributed by atoms with Crippen LogP contribution in [-0.4, -0.2) is 15.3 Å². The Bertz CT molecular complexity index is 360. The van der Waals surface area contributed by atoms with Crippen LogP contribution in [-0.2, 0) is 6.42 Å². The van der Waals surface area contributed by atoms with Gasteiger partial charge in [-0.05, 0) is 50.3 Å². The van der Waals surface area contributed by atoms with Gasteiger partial charge in [0.15, 0.2) is 17.2 Å². The number of unbranched alkanes of at least 4 members (excludes halogenated alkanes) is 1. The molecular weight excluding hydrogens is 204 g/mol. The maximum atomic E-state index is 9.30. The quantitative estimate of drug-likeness (QED) is 0.407. The molecule has 0 aromatic heterocycles. The number of hydrogen-bond acceptors (Lipinski definition) is 3. The summed E-state index contributed by atoms with van der Waals surface area (Å²) in [6.45, 7) is 5.82. The lowest BCUT2D eigenvalue weighted by molar-refractivity contribution is 0.367. The summed E-state index contributed by atoms with van der Waals surface area (Å²) in [5, 5.41) is 27.8. The Morgan fingerprint density at radius 3 is 2.19 bits per heavy atom. The molecule has 0 aliphatic rings. The van der Waals surface area contributed by atoms with Crippen LogP contribution in [0.1, 0.15) is 31.7 Å². The van der Waals surface area contributed by atoms with E-state index in [9.17, 15) is 10.2 Å². The van der Waals surface area contributed by atoms with Crippen LogP contribution in [0.5, 0.6) is 17.2 Å². The normalized spacial score (nSPS) is 10.3. The Balaban J connectivity index is 2.52. The summed E-state index contributed by atoms with van der Waals surface area (Å²) in [5.41, 5.74) is 1.99. The van der Waals surface area contributed by atoms with Gasteiger partial charge in [-0.2, -0.15) is 0 Å². The van der Waals surface area contributed by atoms with Crippen molar-refractivity contribution >= 4 is 0 Å². The summed E-state index contributed by atoms with van der Waals surface area (Å²) in [6.07, 6.45) is 3.78. The van der Waals surface area contributed by atoms with Gasteiger partial charge < -0.3 is 15.3 Å². The van der Waals surface area contributed by atoms with Gasteiger partial charge in [0.1, 0.15) is 0 Å². The second-order valence-corrected chi connectivity index (χ2v) is 4.15. The highest BCUT2D eigenvalue weighted by Crippen LogP contribution is 2.35. The number of aromatic hydroxyl groups is 3. The molecule has 0 heterocycles. The monoisotopic (exact) mass is 222 g/mol. The van der Waals surface area contributed by atoms with Crippen molar-refractivity contribution in [1.82, 2.24) is 0 Å². The van der Waals surface area contributed by atoms with Gasteiger partial charge in [-0.3, -0.25) is 0 Å². The van der Waals surface area contributed by atoms with Crippen LogP contribution in [0.3, 0.4) is 0 Å². The first-order chi connectivity index (χ1) is 7.50. The zero-order valence-electron chi connectivity index (χ0n) is 9.53. The molecule has 0 radical (unpaired) electrons. The SMILES string of the molecule is C=C(C)CCCCc1cc(O)c(O)c(O)c1. The first-order valence-corrected chi connectivity index (χ1v) is 5.39. The number of phenols is 3. The topological polar surface area (TPSA) is 60.7 Å². The number of allylic oxidation sites excluding steroid dienone is 1. The fraction of sp³-hybridized carbons (Fsp3) is 0.385. The summed E-state index contributed by atoms with van der Waals surface area (Å²) in [7, 11) is 0. The molecule has 16 heavy (non-hydrogen) atoms. The second kappa shape index (κ2) is 5.45. The minimum Gasteiger partial charge on any atom is -0.504 e. The summed E-state index contributed by atoms with van der Waals surface area (Å²) >= 11 is 0. The van der Waals surface area contributed by atoms with Gasteiger partial charge in [-0.25, -0.2) is 0 Å². The molecule has 0 unspecified atom stereocenters. The van der Waals surface area contributed by atoms with Crippen molar-refractivity contribution < 1.29 is 15.3 Å². The van der Waals surface area contributed by atoms with Crippen LogP contribution in [0.4, 0.5) is 0 Å². The average molecular weight is 222 g/mol. The van der Waals surface area contributed by atoms with Crippen molar-refractivity contribution in [3.63, 3.8) is 0 Å². The summed E-state index contributed by atoms with van der Waals surface area (Å²) in [6, 6.07) is 2.96. The van der Waals surface area contributed by atoms with Crippen LogP contribution in [0.2, 0.25) is 0 Å². The second-order valence-electron chi connectivity index (χ2n) is 4.15. The summed E-state index contributed by atoms with van der Waals surface area (Å²) in [4.78, 5) is 0. The van der Waals surface area contributed by atoms with Gasteiger partial charge in [0.05, 0.1) is 0 Å². The Morgan fingerprint density at radius 1 is 1.12 bits per heavy atom. The average Bonchev–Trinajstić information content (AvgIpc) is 2.20. The first-order valence-electron chi connectivity index (χ1n) is 5.39. The predicted molar refractivity (Wildman–Crippen MR) is 63.8 cm³/mol. The molecule has 1 rings (SSSR count). The molecule has 0 saturated carbocycles. The number of hydrogen-bond donors (Lipinski definition) is 3. The molecule has 3 heteroatoms. The molecule has 1 aromatic rings. The Labute approximate surface area is 95.7 Å². The summed E-state index contributed by atoms with van der Waals surface area (Å²) in [5.74, 6) is -0.990. The van der Waals surface area contributed by atoms with Crippen molar-refractivity contribution in [2.45, 2.75) is 32.6 Å². The highest BCUT2D eigenvalue weighted by Gasteiger charge is 2.07. The van der Waals surface area contributed by atoms with Gasteiger partial charge in [0.25, 0.3) is 0 Å². The Hall–Kier alpha value is -1.64. The number of phenolic OH excluding ortho intramolecular Hbond substituents is 3. The molecule has 3 N–H and O–H groups in total. The Morgan fingerprint density at radius 2 is 1.69 bits per heavy atom. The van der Waals surface area contributed by atoms with Gasteiger partial charge in [0.2, 0.25) is 0 Å². The van der Waals surface area contributed by atoms with Gasteiger partial charge >= 0.3 is 0 Å². The van der Waals surface area contributed by atoms with Gasteiger partial charge in [-0.15, -0.1) is 6.58 Å². The van der Waals surface area contributed by atoms with Crippen LogP contribution in [0, 0.1) is 0 Å². The fourth-order valence-corrected chi connectivity index (χ4v) is 1.56. The third kappa shape index (κ3) is 3.50. The minimum absolute atomic E-state index is 0.269. The maximum Gasteiger partial charge on any atom is 0.200 e. The van der Waals surface area contributed by atoms with E-state index in [1.54, 1.807) is 0 Å². The van der Waals surface area contributed by atoms with Crippen molar-refractivity contribution in [1.29, 1.82) is 0 Å². The van der Waals surface area contributed by atoms with Crippen molar-refractivity contribution in [2.24, 2.45) is 0 Å². The smallest absolute Gasteiger partial charge is 0.200 e. The van der Waals surface area contributed by atoms with Crippen LogP contribution in [0.25, 0.3) is 0 Å². The largest absolute Gasteiger partial charge is 0.504 e. The highest BCUT2D eigenvalue weighted by molar-refractivity contribution is 5.51. The van der Waals surface area contributed by atoms with Gasteiger partial charge in [-0.1, -0.05) is 5.57 Å². The number of benzene rings is 1. The van der Waals surface area contributed by atoms with E-state index in [1.165, 1.54) is 12.1 Å². The fourth-order valence-electron chi connectivity index (χ4n) is 1.56. The number of aryl methyl sites for hydroxylation is 1. The zero-order valence-corrected chi connectivity index (χ0v) is 9.53. The third-order valence-electron chi connectivity index (χ3n) is 2.45. The molecule has 88 valence electrons. The lowest BCUT2D eigenvalue weighted by Crippen LogP contribution is -1.87. The van der Waals surface area contributed by atoms with E-state index < -0.39 is 5.75 Å². The molecule has 0 fully saturated rings. The van der Waals surface area contributed by atoms with E-state index >= 15 is 0 Å². The molecule has 0 atom stereocenters. The van der Waals surface area contributed by atoms with E-state index in [2.05, 4.69) is 6.58 Å². The number of rotatable bonds is 5. The van der Waals surface area contributed by atoms with Gasteiger partial charge in [0, 0.05) is 0 Å². The van der Waals surface area contributed by atoms with Crippen LogP contribution >= 0.6 is 0 Å². The Kier molecular flexibility index (Phi) is 4.23. The standard InChI is InChI=1S/C13H18O3/c1-9(2)5-3-4-6-10-7-11(14)13(16)12(15)8-10/h7-8,14-16H,1,3-6H2,2H3. The van der Waals surface area contributed by atoms with Crippen molar-refractivity contribution in [2.75, 3.05) is 0 Å². The third-order valence-corrected chi connectivity index (χ3v) is 2.45. The summed E-state index contributed by atoms with van der Waals surface area (Å²) < 4.78 is 0. The van der Waals surface area contributed by atoms with E-state index in [0.717, 1.165) is 36.8 Å². The molecule has 0 spiro atoms. The molecule has 0 aliphatic carbocycles. The molecule has 0 bridgehead atoms.